The van der Waals surface area contributed by atoms with Crippen molar-refractivity contribution in [2.45, 2.75) is 26.3 Å². The Morgan fingerprint density at radius 2 is 1.28 bits per heavy atom. The molecule has 94 valence electrons. The van der Waals surface area contributed by atoms with Crippen LogP contribution in [0.15, 0.2) is 60.7 Å². The van der Waals surface area contributed by atoms with Crippen molar-refractivity contribution in [2.24, 2.45) is 0 Å². The van der Waals surface area contributed by atoms with Gasteiger partial charge < -0.3 is 4.57 Å². The van der Waals surface area contributed by atoms with E-state index in [1.807, 2.05) is 0 Å². The smallest absolute Gasteiger partial charge is 0.156 e. The highest BCUT2D eigenvalue weighted by Gasteiger charge is 2.21. The molecule has 0 bridgehead atoms. The molecule has 0 atom stereocenters. The fraction of sp³-hybridized carbons (Fsp3) is 0.250. The molecule has 0 saturated carbocycles. The molecule has 0 aliphatic rings. The molecule has 0 amide bonds. The van der Waals surface area contributed by atoms with Gasteiger partial charge in [0.1, 0.15) is 0 Å². The van der Waals surface area contributed by atoms with Crippen LogP contribution in [0.1, 0.15) is 20.8 Å². The van der Waals surface area contributed by atoms with Crippen LogP contribution >= 0.6 is 0 Å². The molecule has 0 radical (unpaired) electrons. The molecule has 0 N–H and O–H groups in total. The van der Waals surface area contributed by atoms with Gasteiger partial charge in [0.05, 0.1) is 0 Å². The van der Waals surface area contributed by atoms with Crippen molar-refractivity contribution >= 4 is 20.6 Å². The summed E-state index contributed by atoms with van der Waals surface area (Å²) in [4.78, 5) is 0. The fourth-order valence-corrected chi connectivity index (χ4v) is 3.81. The molecule has 0 heterocycles. The molecule has 0 unspecified atom stereocenters. The van der Waals surface area contributed by atoms with Gasteiger partial charge in [0.25, 0.3) is 0 Å². The quantitative estimate of drug-likeness (QED) is 0.762. The maximum absolute atomic E-state index is 2.57. The van der Waals surface area contributed by atoms with Gasteiger partial charge in [-0.15, -0.1) is 0 Å². The lowest BCUT2D eigenvalue weighted by atomic mass is 10.1. The molecule has 0 aromatic heterocycles. The van der Waals surface area contributed by atoms with Crippen LogP contribution in [0.25, 0.3) is 0 Å². The van der Waals surface area contributed by atoms with E-state index in [0.717, 1.165) is 0 Å². The summed E-state index contributed by atoms with van der Waals surface area (Å²) in [5, 5.41) is 1.48. The van der Waals surface area contributed by atoms with Gasteiger partial charge in [0.2, 0.25) is 0 Å². The largest absolute Gasteiger partial charge is 0.394 e. The lowest BCUT2D eigenvalue weighted by Crippen LogP contribution is -2.48. The van der Waals surface area contributed by atoms with Gasteiger partial charge in [-0.1, -0.05) is 48.5 Å². The van der Waals surface area contributed by atoms with Crippen LogP contribution in [0.2, 0.25) is 0 Å². The van der Waals surface area contributed by atoms with Gasteiger partial charge in [-0.2, -0.15) is 0 Å². The Bertz CT molecular complexity index is 473. The van der Waals surface area contributed by atoms with E-state index in [2.05, 4.69) is 86.0 Å². The molecule has 1 nitrogen and oxygen atoms in total. The van der Waals surface area contributed by atoms with Crippen molar-refractivity contribution in [1.82, 2.24) is 0 Å². The summed E-state index contributed by atoms with van der Waals surface area (Å²) in [6.45, 7) is 6.86. The van der Waals surface area contributed by atoms with Crippen LogP contribution in [-0.4, -0.2) is 15.2 Å². The first-order chi connectivity index (χ1) is 8.57. The SMILES string of the molecule is CC(C)(C)N([SiH2]c1ccccc1)c1ccccc1. The first-order valence-corrected chi connectivity index (χ1v) is 7.78. The summed E-state index contributed by atoms with van der Waals surface area (Å²) in [5.41, 5.74) is 1.50. The third-order valence-electron chi connectivity index (χ3n) is 3.06. The summed E-state index contributed by atoms with van der Waals surface area (Å²) in [6.07, 6.45) is 0. The van der Waals surface area contributed by atoms with E-state index in [1.165, 1.54) is 10.9 Å². The first kappa shape index (κ1) is 12.9. The third-order valence-corrected chi connectivity index (χ3v) is 5.53. The average molecular weight is 255 g/mol. The van der Waals surface area contributed by atoms with Crippen LogP contribution in [0.3, 0.4) is 0 Å². The van der Waals surface area contributed by atoms with Gasteiger partial charge in [-0.3, -0.25) is 0 Å². The van der Waals surface area contributed by atoms with Gasteiger partial charge in [-0.05, 0) is 38.1 Å². The zero-order valence-corrected chi connectivity index (χ0v) is 12.8. The normalized spacial score (nSPS) is 11.9. The molecule has 2 aromatic rings. The van der Waals surface area contributed by atoms with Crippen molar-refractivity contribution in [3.8, 4) is 0 Å². The van der Waals surface area contributed by atoms with Crippen molar-refractivity contribution in [2.75, 3.05) is 4.57 Å². The van der Waals surface area contributed by atoms with Crippen molar-refractivity contribution in [3.05, 3.63) is 60.7 Å². The summed E-state index contributed by atoms with van der Waals surface area (Å²) in [6, 6.07) is 21.6. The molecular weight excluding hydrogens is 234 g/mol. The number of rotatable bonds is 3. The summed E-state index contributed by atoms with van der Waals surface area (Å²) >= 11 is 0. The third kappa shape index (κ3) is 3.23. The van der Waals surface area contributed by atoms with Gasteiger partial charge in [0.15, 0.2) is 9.68 Å². The number of hydrogen-bond donors (Lipinski definition) is 0. The summed E-state index contributed by atoms with van der Waals surface area (Å²) in [7, 11) is -0.467. The Morgan fingerprint density at radius 1 is 0.778 bits per heavy atom. The molecule has 0 spiro atoms. The highest BCUT2D eigenvalue weighted by molar-refractivity contribution is 6.58. The van der Waals surface area contributed by atoms with Crippen LogP contribution < -0.4 is 9.75 Å². The molecule has 18 heavy (non-hydrogen) atoms. The molecule has 2 aromatic carbocycles. The van der Waals surface area contributed by atoms with Crippen molar-refractivity contribution < 1.29 is 0 Å². The lowest BCUT2D eigenvalue weighted by Gasteiger charge is -2.38. The Balaban J connectivity index is 2.28. The van der Waals surface area contributed by atoms with E-state index in [-0.39, 0.29) is 5.54 Å². The number of nitrogens with zero attached hydrogens (tertiary/aromatic N) is 1. The van der Waals surface area contributed by atoms with Crippen LogP contribution in [0, 0.1) is 0 Å². The second kappa shape index (κ2) is 5.40. The maximum atomic E-state index is 2.57. The minimum atomic E-state index is -0.467. The van der Waals surface area contributed by atoms with Crippen LogP contribution in [-0.2, 0) is 0 Å². The Labute approximate surface area is 112 Å². The minimum absolute atomic E-state index is 0.170. The lowest BCUT2D eigenvalue weighted by molar-refractivity contribution is 0.582. The van der Waals surface area contributed by atoms with Crippen molar-refractivity contribution in [3.63, 3.8) is 0 Å². The molecular formula is C16H21NSi. The monoisotopic (exact) mass is 255 g/mol. The molecule has 0 aliphatic heterocycles. The van der Waals surface area contributed by atoms with E-state index in [0.29, 0.717) is 0 Å². The predicted octanol–water partition coefficient (Wildman–Crippen LogP) is 2.70. The topological polar surface area (TPSA) is 3.24 Å². The number of anilines is 1. The van der Waals surface area contributed by atoms with E-state index in [1.54, 1.807) is 0 Å². The zero-order valence-electron chi connectivity index (χ0n) is 11.4. The average Bonchev–Trinajstić information content (AvgIpc) is 2.37. The summed E-state index contributed by atoms with van der Waals surface area (Å²) < 4.78 is 2.57. The van der Waals surface area contributed by atoms with Crippen LogP contribution in [0.5, 0.6) is 0 Å². The number of hydrogen-bond acceptors (Lipinski definition) is 1. The van der Waals surface area contributed by atoms with E-state index in [9.17, 15) is 0 Å². The molecule has 0 fully saturated rings. The molecule has 0 aliphatic carbocycles. The van der Waals surface area contributed by atoms with Crippen molar-refractivity contribution in [1.29, 1.82) is 0 Å². The fourth-order valence-electron chi connectivity index (χ4n) is 2.09. The first-order valence-electron chi connectivity index (χ1n) is 6.44. The second-order valence-corrected chi connectivity index (χ2v) is 7.34. The maximum Gasteiger partial charge on any atom is 0.156 e. The number of para-hydroxylation sites is 1. The molecule has 0 saturated heterocycles. The highest BCUT2D eigenvalue weighted by atomic mass is 28.2. The standard InChI is InChI=1S/C16H21NSi/c1-16(2,3)17(14-10-6-4-7-11-14)18-15-12-8-5-9-13-15/h4-13H,18H2,1-3H3. The van der Waals surface area contributed by atoms with E-state index in [4.69, 9.17) is 0 Å². The second-order valence-electron chi connectivity index (χ2n) is 5.58. The molecule has 2 rings (SSSR count). The van der Waals surface area contributed by atoms with E-state index >= 15 is 0 Å². The Morgan fingerprint density at radius 3 is 1.78 bits per heavy atom. The minimum Gasteiger partial charge on any atom is -0.394 e. The zero-order chi connectivity index (χ0) is 13.0. The van der Waals surface area contributed by atoms with Gasteiger partial charge in [0, 0.05) is 11.2 Å². The number of benzene rings is 2. The summed E-state index contributed by atoms with van der Waals surface area (Å²) in [5.74, 6) is 0. The molecule has 2 heteroatoms. The Kier molecular flexibility index (Phi) is 3.87. The highest BCUT2D eigenvalue weighted by Crippen LogP contribution is 2.21. The van der Waals surface area contributed by atoms with Gasteiger partial charge >= 0.3 is 0 Å². The van der Waals surface area contributed by atoms with Gasteiger partial charge in [-0.25, -0.2) is 0 Å². The predicted molar refractivity (Wildman–Crippen MR) is 83.3 cm³/mol. The van der Waals surface area contributed by atoms with Crippen LogP contribution in [0.4, 0.5) is 5.69 Å². The van der Waals surface area contributed by atoms with E-state index < -0.39 is 9.68 Å². The Hall–Kier alpha value is -1.54.